The van der Waals surface area contributed by atoms with Crippen LogP contribution in [0.15, 0.2) is 35.5 Å². The molecule has 0 spiro atoms. The number of benzene rings is 1. The minimum atomic E-state index is 0.101. The fourth-order valence-corrected chi connectivity index (χ4v) is 4.39. The molecular weight excluding hydrogens is 344 g/mol. The first-order valence-electron chi connectivity index (χ1n) is 9.55. The van der Waals surface area contributed by atoms with Gasteiger partial charge in [0.25, 0.3) is 0 Å². The maximum absolute atomic E-state index is 12.3. The van der Waals surface area contributed by atoms with Crippen molar-refractivity contribution in [2.45, 2.75) is 63.7 Å². The summed E-state index contributed by atoms with van der Waals surface area (Å²) in [4.78, 5) is 12.3. The van der Waals surface area contributed by atoms with Crippen LogP contribution in [0.1, 0.15) is 50.9 Å². The van der Waals surface area contributed by atoms with E-state index in [2.05, 4.69) is 46.1 Å². The second-order valence-corrected chi connectivity index (χ2v) is 7.97. The monoisotopic (exact) mass is 372 g/mol. The van der Waals surface area contributed by atoms with Gasteiger partial charge in [0.2, 0.25) is 5.91 Å². The summed E-state index contributed by atoms with van der Waals surface area (Å²) >= 11 is 1.48. The van der Waals surface area contributed by atoms with Crippen LogP contribution in [0, 0.1) is 5.92 Å². The molecule has 2 unspecified atom stereocenters. The maximum Gasteiger partial charge on any atom is 0.230 e. The van der Waals surface area contributed by atoms with Gasteiger partial charge in [0.05, 0.1) is 5.75 Å². The Balaban J connectivity index is 1.57. The first-order chi connectivity index (χ1) is 12.7. The fourth-order valence-electron chi connectivity index (χ4n) is 3.56. The number of carbonyl (C=O) groups excluding carboxylic acids is 1. The lowest BCUT2D eigenvalue weighted by atomic mass is 9.86. The van der Waals surface area contributed by atoms with E-state index in [1.165, 1.54) is 36.6 Å². The molecule has 1 amide bonds. The molecule has 5 nitrogen and oxygen atoms in total. The van der Waals surface area contributed by atoms with Gasteiger partial charge in [-0.15, -0.1) is 10.2 Å². The number of rotatable bonds is 7. The molecule has 1 heterocycles. The Morgan fingerprint density at radius 2 is 2.00 bits per heavy atom. The van der Waals surface area contributed by atoms with Gasteiger partial charge in [0.15, 0.2) is 5.16 Å². The number of hydrogen-bond donors (Lipinski definition) is 1. The van der Waals surface area contributed by atoms with Crippen molar-refractivity contribution in [1.82, 2.24) is 20.1 Å². The van der Waals surface area contributed by atoms with E-state index in [-0.39, 0.29) is 5.91 Å². The van der Waals surface area contributed by atoms with Gasteiger partial charge in [-0.1, -0.05) is 61.9 Å². The molecule has 0 bridgehead atoms. The Morgan fingerprint density at radius 1 is 1.23 bits per heavy atom. The summed E-state index contributed by atoms with van der Waals surface area (Å²) in [6.07, 6.45) is 5.57. The molecule has 2 aromatic rings. The van der Waals surface area contributed by atoms with E-state index in [9.17, 15) is 4.79 Å². The smallest absolute Gasteiger partial charge is 0.230 e. The van der Waals surface area contributed by atoms with E-state index < -0.39 is 0 Å². The molecule has 1 N–H and O–H groups in total. The van der Waals surface area contributed by atoms with E-state index in [1.54, 1.807) is 0 Å². The number of hydrogen-bond acceptors (Lipinski definition) is 4. The minimum absolute atomic E-state index is 0.101. The van der Waals surface area contributed by atoms with Crippen molar-refractivity contribution in [2.75, 3.05) is 5.75 Å². The van der Waals surface area contributed by atoms with E-state index in [1.807, 2.05) is 18.2 Å². The van der Waals surface area contributed by atoms with Crippen molar-refractivity contribution in [3.05, 3.63) is 41.7 Å². The zero-order chi connectivity index (χ0) is 18.4. The summed E-state index contributed by atoms with van der Waals surface area (Å²) in [7, 11) is 0. The number of amides is 1. The van der Waals surface area contributed by atoms with E-state index in [0.717, 1.165) is 30.4 Å². The third kappa shape index (κ3) is 4.87. The molecule has 0 aliphatic heterocycles. The van der Waals surface area contributed by atoms with Crippen molar-refractivity contribution in [1.29, 1.82) is 0 Å². The Hall–Kier alpha value is -1.82. The Bertz CT molecular complexity index is 716. The fraction of sp³-hybridized carbons (Fsp3) is 0.550. The van der Waals surface area contributed by atoms with Crippen LogP contribution in [-0.4, -0.2) is 32.5 Å². The molecule has 140 valence electrons. The minimum Gasteiger partial charge on any atom is -0.352 e. The molecule has 1 aliphatic rings. The Morgan fingerprint density at radius 3 is 2.73 bits per heavy atom. The average Bonchev–Trinajstić information content (AvgIpc) is 3.04. The number of nitrogens with one attached hydrogen (secondary N) is 1. The lowest BCUT2D eigenvalue weighted by Crippen LogP contribution is -2.41. The van der Waals surface area contributed by atoms with Crippen LogP contribution in [0.3, 0.4) is 0 Å². The summed E-state index contributed by atoms with van der Waals surface area (Å²) in [6.45, 7) is 5.13. The van der Waals surface area contributed by atoms with Gasteiger partial charge in [-0.25, -0.2) is 0 Å². The second kappa shape index (κ2) is 9.21. The highest BCUT2D eigenvalue weighted by atomic mass is 32.2. The molecule has 1 aromatic carbocycles. The summed E-state index contributed by atoms with van der Waals surface area (Å²) in [6, 6.07) is 10.6. The molecule has 3 rings (SSSR count). The summed E-state index contributed by atoms with van der Waals surface area (Å²) in [5.41, 5.74) is 1.22. The van der Waals surface area contributed by atoms with Crippen molar-refractivity contribution in [2.24, 2.45) is 5.92 Å². The molecule has 26 heavy (non-hydrogen) atoms. The first-order valence-corrected chi connectivity index (χ1v) is 10.5. The average molecular weight is 373 g/mol. The normalized spacial score (nSPS) is 20.1. The number of thioether (sulfide) groups is 1. The van der Waals surface area contributed by atoms with Crippen LogP contribution < -0.4 is 5.32 Å². The molecule has 0 saturated heterocycles. The van der Waals surface area contributed by atoms with Gasteiger partial charge in [-0.05, 0) is 31.2 Å². The molecule has 2 atom stereocenters. The van der Waals surface area contributed by atoms with Crippen LogP contribution in [0.4, 0.5) is 0 Å². The molecule has 1 fully saturated rings. The highest BCUT2D eigenvalue weighted by Gasteiger charge is 2.23. The first kappa shape index (κ1) is 19.0. The topological polar surface area (TPSA) is 59.8 Å². The van der Waals surface area contributed by atoms with Crippen LogP contribution in [0.2, 0.25) is 0 Å². The standard InChI is InChI=1S/C20H28N4OS/c1-3-24-18(13-16-10-5-4-6-11-16)22-23-20(24)26-14-19(25)21-17-12-8-7-9-15(17)2/h4-6,10-11,15,17H,3,7-9,12-14H2,1-2H3,(H,21,25). The van der Waals surface area contributed by atoms with Crippen LogP contribution in [0.25, 0.3) is 0 Å². The lowest BCUT2D eigenvalue weighted by Gasteiger charge is -2.29. The van der Waals surface area contributed by atoms with Gasteiger partial charge in [-0.3, -0.25) is 4.79 Å². The molecular formula is C20H28N4OS. The largest absolute Gasteiger partial charge is 0.352 e. The zero-order valence-electron chi connectivity index (χ0n) is 15.6. The third-order valence-electron chi connectivity index (χ3n) is 5.10. The summed E-state index contributed by atoms with van der Waals surface area (Å²) in [5.74, 6) is 2.02. The van der Waals surface area contributed by atoms with Gasteiger partial charge in [0, 0.05) is 19.0 Å². The van der Waals surface area contributed by atoms with E-state index in [0.29, 0.717) is 17.7 Å². The molecule has 1 aliphatic carbocycles. The highest BCUT2D eigenvalue weighted by Crippen LogP contribution is 2.24. The Labute approximate surface area is 160 Å². The maximum atomic E-state index is 12.3. The van der Waals surface area contributed by atoms with Crippen LogP contribution in [0.5, 0.6) is 0 Å². The van der Waals surface area contributed by atoms with Crippen molar-refractivity contribution < 1.29 is 4.79 Å². The van der Waals surface area contributed by atoms with Crippen LogP contribution >= 0.6 is 11.8 Å². The quantitative estimate of drug-likeness (QED) is 0.753. The summed E-state index contributed by atoms with van der Waals surface area (Å²) in [5, 5.41) is 12.7. The zero-order valence-corrected chi connectivity index (χ0v) is 16.5. The van der Waals surface area contributed by atoms with Crippen molar-refractivity contribution >= 4 is 17.7 Å². The van der Waals surface area contributed by atoms with Gasteiger partial charge < -0.3 is 9.88 Å². The molecule has 6 heteroatoms. The van der Waals surface area contributed by atoms with Gasteiger partial charge in [0.1, 0.15) is 5.82 Å². The van der Waals surface area contributed by atoms with Crippen LogP contribution in [-0.2, 0) is 17.8 Å². The summed E-state index contributed by atoms with van der Waals surface area (Å²) < 4.78 is 2.11. The highest BCUT2D eigenvalue weighted by molar-refractivity contribution is 7.99. The third-order valence-corrected chi connectivity index (χ3v) is 6.07. The van der Waals surface area contributed by atoms with Gasteiger partial charge in [-0.2, -0.15) is 0 Å². The second-order valence-electron chi connectivity index (χ2n) is 7.03. The SMILES string of the molecule is CCn1c(Cc2ccccc2)nnc1SCC(=O)NC1CCCCC1C. The lowest BCUT2D eigenvalue weighted by molar-refractivity contribution is -0.119. The van der Waals surface area contributed by atoms with Gasteiger partial charge >= 0.3 is 0 Å². The molecule has 1 aromatic heterocycles. The van der Waals surface area contributed by atoms with E-state index in [4.69, 9.17) is 0 Å². The van der Waals surface area contributed by atoms with Crippen molar-refractivity contribution in [3.8, 4) is 0 Å². The predicted molar refractivity (Wildman–Crippen MR) is 105 cm³/mol. The molecule has 0 radical (unpaired) electrons. The number of aromatic nitrogens is 3. The number of nitrogens with zero attached hydrogens (tertiary/aromatic N) is 3. The Kier molecular flexibility index (Phi) is 6.72. The van der Waals surface area contributed by atoms with E-state index >= 15 is 0 Å². The number of carbonyl (C=O) groups is 1. The molecule has 1 saturated carbocycles. The van der Waals surface area contributed by atoms with Crippen molar-refractivity contribution in [3.63, 3.8) is 0 Å². The predicted octanol–water partition coefficient (Wildman–Crippen LogP) is 3.68.